The van der Waals surface area contributed by atoms with Crippen molar-refractivity contribution in [2.75, 3.05) is 0 Å². The second-order valence-corrected chi connectivity index (χ2v) is 3.65. The molecule has 0 fully saturated rings. The van der Waals surface area contributed by atoms with E-state index in [0.29, 0.717) is 0 Å². The molecule has 0 aliphatic heterocycles. The van der Waals surface area contributed by atoms with E-state index in [9.17, 15) is 0 Å². The molecule has 0 radical (unpaired) electrons. The van der Waals surface area contributed by atoms with Crippen LogP contribution in [0.5, 0.6) is 0 Å². The van der Waals surface area contributed by atoms with E-state index in [1.54, 1.807) is 0 Å². The highest BCUT2D eigenvalue weighted by Crippen LogP contribution is 2.02. The Hall–Kier alpha value is -0.370. The van der Waals surface area contributed by atoms with Crippen LogP contribution in [-0.4, -0.2) is 0 Å². The zero-order valence-electron chi connectivity index (χ0n) is 8.41. The minimum atomic E-state index is 0. The second kappa shape index (κ2) is 7.07. The first-order valence-corrected chi connectivity index (χ1v) is 4.73. The topological polar surface area (TPSA) is 3.88 Å². The summed E-state index contributed by atoms with van der Waals surface area (Å²) < 4.78 is 2.24. The zero-order chi connectivity index (χ0) is 8.81. The van der Waals surface area contributed by atoms with Gasteiger partial charge in [0.15, 0.2) is 12.4 Å². The van der Waals surface area contributed by atoms with E-state index >= 15 is 0 Å². The lowest BCUT2D eigenvalue weighted by Crippen LogP contribution is -3.00. The molecule has 0 amide bonds. The molecule has 0 saturated carbocycles. The Balaban J connectivity index is 0.00000144. The van der Waals surface area contributed by atoms with Crippen molar-refractivity contribution in [1.82, 2.24) is 0 Å². The predicted molar refractivity (Wildman–Crippen MR) is 50.7 cm³/mol. The standard InChI is InChI=1S/C11H18N.BrH/c1-11(2)7-6-10-12-8-4-3-5-9-12;/h3-5,8-9,11H,6-7,10H2,1-2H3;1H/q+1;/p-1. The molecule has 0 aliphatic carbocycles. The summed E-state index contributed by atoms with van der Waals surface area (Å²) in [6.45, 7) is 5.70. The minimum Gasteiger partial charge on any atom is -1.00 e. The number of nitrogens with zero attached hydrogens (tertiary/aromatic N) is 1. The minimum absolute atomic E-state index is 0. The van der Waals surface area contributed by atoms with Crippen LogP contribution >= 0.6 is 0 Å². The Morgan fingerprint density at radius 3 is 2.23 bits per heavy atom. The molecule has 0 aliphatic rings. The Bertz CT molecular complexity index is 209. The molecule has 13 heavy (non-hydrogen) atoms. The smallest absolute Gasteiger partial charge is 0.168 e. The molecule has 1 aromatic heterocycles. The number of aromatic nitrogens is 1. The van der Waals surface area contributed by atoms with Crippen molar-refractivity contribution in [3.63, 3.8) is 0 Å². The molecule has 1 nitrogen and oxygen atoms in total. The Labute approximate surface area is 91.6 Å². The van der Waals surface area contributed by atoms with Crippen LogP contribution in [0.4, 0.5) is 0 Å². The van der Waals surface area contributed by atoms with E-state index in [1.165, 1.54) is 12.8 Å². The van der Waals surface area contributed by atoms with Gasteiger partial charge in [0, 0.05) is 18.6 Å². The molecule has 0 unspecified atom stereocenters. The summed E-state index contributed by atoms with van der Waals surface area (Å²) in [6, 6.07) is 6.21. The fraction of sp³-hybridized carbons (Fsp3) is 0.545. The lowest BCUT2D eigenvalue weighted by Gasteiger charge is -2.00. The van der Waals surface area contributed by atoms with Crippen LogP contribution in [0.25, 0.3) is 0 Å². The van der Waals surface area contributed by atoms with Crippen molar-refractivity contribution in [1.29, 1.82) is 0 Å². The van der Waals surface area contributed by atoms with Gasteiger partial charge in [-0.1, -0.05) is 19.9 Å². The molecule has 0 N–H and O–H groups in total. The van der Waals surface area contributed by atoms with Gasteiger partial charge in [-0.25, -0.2) is 4.57 Å². The number of halogens is 1. The maximum Gasteiger partial charge on any atom is 0.168 e. The van der Waals surface area contributed by atoms with Gasteiger partial charge in [-0.05, 0) is 12.3 Å². The third kappa shape index (κ3) is 5.81. The molecule has 0 spiro atoms. The predicted octanol–water partition coefficient (Wildman–Crippen LogP) is -0.586. The number of pyridine rings is 1. The first-order valence-electron chi connectivity index (χ1n) is 4.73. The quantitative estimate of drug-likeness (QED) is 0.624. The van der Waals surface area contributed by atoms with E-state index in [1.807, 2.05) is 0 Å². The summed E-state index contributed by atoms with van der Waals surface area (Å²) in [4.78, 5) is 0. The molecule has 0 bridgehead atoms. The van der Waals surface area contributed by atoms with Crippen LogP contribution < -0.4 is 21.5 Å². The van der Waals surface area contributed by atoms with Crippen molar-refractivity contribution in [2.24, 2.45) is 5.92 Å². The third-order valence-electron chi connectivity index (χ3n) is 1.98. The molecule has 0 aromatic carbocycles. The number of hydrogen-bond donors (Lipinski definition) is 0. The molecule has 1 rings (SSSR count). The van der Waals surface area contributed by atoms with Crippen LogP contribution in [0, 0.1) is 5.92 Å². The van der Waals surface area contributed by atoms with Crippen LogP contribution in [0.1, 0.15) is 26.7 Å². The largest absolute Gasteiger partial charge is 1.00 e. The fourth-order valence-corrected chi connectivity index (χ4v) is 1.27. The van der Waals surface area contributed by atoms with Crippen LogP contribution in [0.2, 0.25) is 0 Å². The molecule has 1 aromatic rings. The van der Waals surface area contributed by atoms with Gasteiger partial charge in [-0.15, -0.1) is 0 Å². The summed E-state index contributed by atoms with van der Waals surface area (Å²) in [5.74, 6) is 0.828. The average Bonchev–Trinajstić information content (AvgIpc) is 2.05. The van der Waals surface area contributed by atoms with Gasteiger partial charge in [0.2, 0.25) is 0 Å². The molecule has 0 saturated heterocycles. The Kier molecular flexibility index (Phi) is 6.87. The number of rotatable bonds is 4. The third-order valence-corrected chi connectivity index (χ3v) is 1.98. The van der Waals surface area contributed by atoms with E-state index in [0.717, 1.165) is 12.5 Å². The lowest BCUT2D eigenvalue weighted by atomic mass is 10.1. The molecule has 1 heterocycles. The highest BCUT2D eigenvalue weighted by atomic mass is 79.9. The molecule has 0 atom stereocenters. The van der Waals surface area contributed by atoms with Gasteiger partial charge in [0.1, 0.15) is 6.54 Å². The fourth-order valence-electron chi connectivity index (χ4n) is 1.27. The van der Waals surface area contributed by atoms with Crippen LogP contribution in [-0.2, 0) is 6.54 Å². The van der Waals surface area contributed by atoms with Gasteiger partial charge in [0.05, 0.1) is 0 Å². The molecule has 74 valence electrons. The summed E-state index contributed by atoms with van der Waals surface area (Å²) in [6.07, 6.45) is 6.86. The maximum atomic E-state index is 2.27. The summed E-state index contributed by atoms with van der Waals surface area (Å²) in [7, 11) is 0. The Morgan fingerprint density at radius 2 is 1.69 bits per heavy atom. The first-order chi connectivity index (χ1) is 5.79. The highest BCUT2D eigenvalue weighted by Gasteiger charge is 1.99. The van der Waals surface area contributed by atoms with Crippen molar-refractivity contribution >= 4 is 0 Å². The van der Waals surface area contributed by atoms with Crippen molar-refractivity contribution < 1.29 is 21.5 Å². The van der Waals surface area contributed by atoms with E-state index in [2.05, 4.69) is 49.0 Å². The van der Waals surface area contributed by atoms with Crippen LogP contribution in [0.15, 0.2) is 30.6 Å². The second-order valence-electron chi connectivity index (χ2n) is 3.65. The summed E-state index contributed by atoms with van der Waals surface area (Å²) >= 11 is 0. The number of hydrogen-bond acceptors (Lipinski definition) is 0. The van der Waals surface area contributed by atoms with Gasteiger partial charge in [0.25, 0.3) is 0 Å². The van der Waals surface area contributed by atoms with Crippen molar-refractivity contribution in [3.05, 3.63) is 30.6 Å². The maximum absolute atomic E-state index is 2.27. The van der Waals surface area contributed by atoms with E-state index in [-0.39, 0.29) is 17.0 Å². The van der Waals surface area contributed by atoms with Crippen molar-refractivity contribution in [3.8, 4) is 0 Å². The van der Waals surface area contributed by atoms with E-state index < -0.39 is 0 Å². The van der Waals surface area contributed by atoms with Gasteiger partial charge < -0.3 is 17.0 Å². The highest BCUT2D eigenvalue weighted by molar-refractivity contribution is 4.83. The van der Waals surface area contributed by atoms with Gasteiger partial charge >= 0.3 is 0 Å². The Morgan fingerprint density at radius 1 is 1.08 bits per heavy atom. The summed E-state index contributed by atoms with van der Waals surface area (Å²) in [5.41, 5.74) is 0. The monoisotopic (exact) mass is 243 g/mol. The molecule has 2 heteroatoms. The van der Waals surface area contributed by atoms with Crippen LogP contribution in [0.3, 0.4) is 0 Å². The zero-order valence-corrected chi connectivity index (χ0v) is 10.00. The summed E-state index contributed by atoms with van der Waals surface area (Å²) in [5, 5.41) is 0. The lowest BCUT2D eigenvalue weighted by molar-refractivity contribution is -0.697. The first kappa shape index (κ1) is 12.6. The molecular weight excluding hydrogens is 226 g/mol. The normalized spacial score (nSPS) is 9.77. The van der Waals surface area contributed by atoms with Gasteiger partial charge in [-0.2, -0.15) is 0 Å². The average molecular weight is 244 g/mol. The van der Waals surface area contributed by atoms with Crippen molar-refractivity contribution in [2.45, 2.75) is 33.2 Å². The number of aryl methyl sites for hydroxylation is 1. The van der Waals surface area contributed by atoms with E-state index in [4.69, 9.17) is 0 Å². The van der Waals surface area contributed by atoms with Gasteiger partial charge in [-0.3, -0.25) is 0 Å². The SMILES string of the molecule is CC(C)CCC[n+]1ccccc1.[Br-]. The molecular formula is C11H18BrN.